The van der Waals surface area contributed by atoms with E-state index in [0.29, 0.717) is 0 Å². The van der Waals surface area contributed by atoms with Gasteiger partial charge in [0.15, 0.2) is 44.5 Å². The molecule has 0 bridgehead atoms. The van der Waals surface area contributed by atoms with E-state index in [1.165, 1.54) is 43.5 Å². The lowest BCUT2D eigenvalue weighted by Crippen LogP contribution is -2.60. The summed E-state index contributed by atoms with van der Waals surface area (Å²) < 4.78 is 79.0. The van der Waals surface area contributed by atoms with E-state index in [1.807, 2.05) is 0 Å². The molecule has 3 aromatic rings. The van der Waals surface area contributed by atoms with Crippen molar-refractivity contribution in [2.45, 2.75) is 28.5 Å². The first-order chi connectivity index (χ1) is 24.8. The number of amides is 4. The minimum Gasteiger partial charge on any atom is -0.503 e. The number of aromatic hydroxyl groups is 1. The number of nitrogens with zero attached hydrogens (tertiary/aromatic N) is 2. The Balaban J connectivity index is 1.46. The lowest BCUT2D eigenvalue weighted by molar-refractivity contribution is -0.125. The molecule has 2 heterocycles. The number of rotatable bonds is 5. The highest BCUT2D eigenvalue weighted by molar-refractivity contribution is 9.13. The van der Waals surface area contributed by atoms with Gasteiger partial charge in [-0.15, -0.1) is 23.2 Å². The van der Waals surface area contributed by atoms with Gasteiger partial charge in [-0.3, -0.25) is 24.1 Å². The van der Waals surface area contributed by atoms with E-state index in [1.54, 1.807) is 0 Å². The van der Waals surface area contributed by atoms with Crippen molar-refractivity contribution in [3.8, 4) is 11.5 Å². The molecular formula is C33H20BBr2Cl2F5N2O8. The lowest BCUT2D eigenvalue weighted by atomic mass is 9.56. The Labute approximate surface area is 322 Å². The summed E-state index contributed by atoms with van der Waals surface area (Å²) >= 11 is 20.9. The van der Waals surface area contributed by atoms with Crippen LogP contribution in [0.2, 0.25) is 0 Å². The monoisotopic (exact) mass is 906 g/mol. The summed E-state index contributed by atoms with van der Waals surface area (Å²) in [6.45, 7) is 0. The Morgan fingerprint density at radius 2 is 1.49 bits per heavy atom. The fourth-order valence-electron chi connectivity index (χ4n) is 7.97. The highest BCUT2D eigenvalue weighted by Gasteiger charge is 2.77. The van der Waals surface area contributed by atoms with E-state index in [4.69, 9.17) is 27.9 Å². The maximum atomic E-state index is 15.3. The molecule has 10 nitrogen and oxygen atoms in total. The number of halogens is 9. The molecule has 3 N–H and O–H groups in total. The molecule has 2 saturated heterocycles. The Morgan fingerprint density at radius 1 is 0.868 bits per heavy atom. The molecule has 7 rings (SSSR count). The molecule has 20 heteroatoms. The number of alkyl halides is 2. The number of phenols is 1. The number of anilines is 2. The fourth-order valence-corrected chi connectivity index (χ4v) is 9.85. The Morgan fingerprint density at radius 3 is 2.09 bits per heavy atom. The molecule has 0 spiro atoms. The van der Waals surface area contributed by atoms with Crippen LogP contribution in [-0.2, 0) is 19.2 Å². The first-order valence-electron chi connectivity index (χ1n) is 15.4. The molecule has 0 radical (unpaired) electrons. The predicted octanol–water partition coefficient (Wildman–Crippen LogP) is 5.07. The van der Waals surface area contributed by atoms with E-state index in [0.717, 1.165) is 4.90 Å². The van der Waals surface area contributed by atoms with Crippen molar-refractivity contribution in [2.24, 2.45) is 17.8 Å². The van der Waals surface area contributed by atoms with Crippen molar-refractivity contribution >= 4 is 103 Å². The van der Waals surface area contributed by atoms with E-state index >= 15 is 8.78 Å². The summed E-state index contributed by atoms with van der Waals surface area (Å²) in [5, 5.41) is 30.2. The van der Waals surface area contributed by atoms with E-state index < -0.39 is 111 Å². The highest BCUT2D eigenvalue weighted by Crippen LogP contribution is 2.67. The van der Waals surface area contributed by atoms with Crippen LogP contribution >= 0.6 is 55.1 Å². The highest BCUT2D eigenvalue weighted by atomic mass is 79.9. The van der Waals surface area contributed by atoms with Crippen LogP contribution in [-0.4, -0.2) is 62.8 Å². The van der Waals surface area contributed by atoms with Crippen LogP contribution in [0.4, 0.5) is 33.3 Å². The number of imide groups is 2. The molecule has 4 aliphatic rings. The van der Waals surface area contributed by atoms with Gasteiger partial charge in [-0.25, -0.2) is 26.9 Å². The van der Waals surface area contributed by atoms with Gasteiger partial charge in [-0.2, -0.15) is 0 Å². The standard InChI is InChI=1S/C33H20BBr2Cl2F5N2O8/c1-53-16-8-14(19(35)20(36)27(16)46)18-12-5-6-13-17(29(48)44(28(13)47)11-4-2-3-10(7-11)34(51)52)15(12)9-32(37)30(49)45(31(50)33(18,32)38)26-24(42)22(40)21(39)23(41)25(26)43/h2-5,7-8,13,15,17-18,46,51-52H,6,9H2,1H3/t13-,15+,17-,18+,32+,33-/m0/s1. The van der Waals surface area contributed by atoms with Crippen LogP contribution in [0.1, 0.15) is 24.3 Å². The molecular weight excluding hydrogens is 889 g/mol. The Hall–Kier alpha value is -3.55. The first kappa shape index (κ1) is 37.8. The number of carbonyl (C=O) groups is 4. The third-order valence-electron chi connectivity index (χ3n) is 10.4. The van der Waals surface area contributed by atoms with Crippen LogP contribution in [0, 0.1) is 46.8 Å². The minimum atomic E-state index is -2.82. The summed E-state index contributed by atoms with van der Waals surface area (Å²) in [5.41, 5.74) is -1.85. The first-order valence-corrected chi connectivity index (χ1v) is 17.8. The molecule has 0 aromatic heterocycles. The molecule has 6 atom stereocenters. The van der Waals surface area contributed by atoms with Crippen molar-refractivity contribution in [2.75, 3.05) is 16.9 Å². The maximum Gasteiger partial charge on any atom is 0.488 e. The fraction of sp³-hybridized carbons (Fsp3) is 0.273. The van der Waals surface area contributed by atoms with Crippen molar-refractivity contribution in [1.29, 1.82) is 0 Å². The molecule has 276 valence electrons. The number of fused-ring (bicyclic) bond motifs is 4. The number of hydrogen-bond acceptors (Lipinski definition) is 8. The van der Waals surface area contributed by atoms with Crippen LogP contribution in [0.3, 0.4) is 0 Å². The van der Waals surface area contributed by atoms with E-state index in [2.05, 4.69) is 31.9 Å². The number of carbonyl (C=O) groups excluding carboxylic acids is 4. The molecule has 2 aliphatic carbocycles. The van der Waals surface area contributed by atoms with Gasteiger partial charge in [-0.05, 0) is 79.8 Å². The lowest BCUT2D eigenvalue weighted by Gasteiger charge is -2.51. The average Bonchev–Trinajstić information content (AvgIpc) is 3.47. The summed E-state index contributed by atoms with van der Waals surface area (Å²) in [5.74, 6) is -23.3. The molecule has 2 aliphatic heterocycles. The molecule has 4 amide bonds. The largest absolute Gasteiger partial charge is 0.503 e. The Bertz CT molecular complexity index is 2220. The van der Waals surface area contributed by atoms with Gasteiger partial charge in [-0.1, -0.05) is 23.8 Å². The molecule has 53 heavy (non-hydrogen) atoms. The zero-order chi connectivity index (χ0) is 38.8. The second-order valence-corrected chi connectivity index (χ2v) is 15.6. The summed E-state index contributed by atoms with van der Waals surface area (Å²) in [4.78, 5) is 52.1. The number of methoxy groups -OCH3 is 1. The van der Waals surface area contributed by atoms with Gasteiger partial charge < -0.3 is 19.9 Å². The predicted molar refractivity (Wildman–Crippen MR) is 185 cm³/mol. The number of hydrogen-bond donors (Lipinski definition) is 3. The average molecular weight is 909 g/mol. The van der Waals surface area contributed by atoms with Crippen molar-refractivity contribution in [1.82, 2.24) is 0 Å². The second kappa shape index (κ2) is 12.8. The van der Waals surface area contributed by atoms with Gasteiger partial charge in [0.05, 0.1) is 29.1 Å². The van der Waals surface area contributed by atoms with Gasteiger partial charge in [0.25, 0.3) is 11.8 Å². The molecule has 3 fully saturated rings. The number of benzene rings is 3. The third-order valence-corrected chi connectivity index (χ3v) is 13.9. The van der Waals surface area contributed by atoms with Crippen LogP contribution in [0.5, 0.6) is 11.5 Å². The van der Waals surface area contributed by atoms with E-state index in [-0.39, 0.29) is 48.3 Å². The van der Waals surface area contributed by atoms with Crippen molar-refractivity contribution in [3.05, 3.63) is 85.6 Å². The Kier molecular flexibility index (Phi) is 9.09. The van der Waals surface area contributed by atoms with Gasteiger partial charge in [0.1, 0.15) is 5.69 Å². The van der Waals surface area contributed by atoms with E-state index in [9.17, 15) is 47.5 Å². The summed E-state index contributed by atoms with van der Waals surface area (Å²) in [6.07, 6.45) is 0.614. The number of allylic oxidation sites excluding steroid dienone is 2. The second-order valence-electron chi connectivity index (χ2n) is 12.8. The SMILES string of the molecule is COc1cc([C@H]2C3=CC[C@@H]4C(=O)N(c5cccc(B(O)O)c5)C(=O)[C@@H]4[C@@H]3C[C@@]3(Cl)C(=O)N(c4c(F)c(F)c(F)c(F)c4F)C(=O)[C@@]23Cl)c(Br)c(Br)c1O. The van der Waals surface area contributed by atoms with Crippen molar-refractivity contribution in [3.63, 3.8) is 0 Å². The maximum absolute atomic E-state index is 15.3. The number of ether oxygens (including phenoxy) is 1. The van der Waals surface area contributed by atoms with Crippen LogP contribution < -0.4 is 20.0 Å². The normalized spacial score (nSPS) is 27.9. The van der Waals surface area contributed by atoms with Crippen molar-refractivity contribution < 1.29 is 61.0 Å². The zero-order valence-corrected chi connectivity index (χ0v) is 31.1. The topological polar surface area (TPSA) is 145 Å². The minimum absolute atomic E-state index is 0.00766. The van der Waals surface area contributed by atoms with Crippen LogP contribution in [0.15, 0.2) is 50.9 Å². The van der Waals surface area contributed by atoms with Gasteiger partial charge >= 0.3 is 7.12 Å². The summed E-state index contributed by atoms with van der Waals surface area (Å²) in [6, 6.07) is 6.52. The van der Waals surface area contributed by atoms with Crippen LogP contribution in [0.25, 0.3) is 0 Å². The summed E-state index contributed by atoms with van der Waals surface area (Å²) in [7, 11) is -0.760. The molecule has 1 saturated carbocycles. The molecule has 0 unspecified atom stereocenters. The molecule has 3 aromatic carbocycles. The van der Waals surface area contributed by atoms with Gasteiger partial charge in [0, 0.05) is 10.4 Å². The third kappa shape index (κ3) is 4.94. The smallest absolute Gasteiger partial charge is 0.488 e. The number of phenolic OH excluding ortho intramolecular Hbond substituents is 1. The zero-order valence-electron chi connectivity index (χ0n) is 26.4. The quantitative estimate of drug-likeness (QED) is 0.0613. The van der Waals surface area contributed by atoms with Gasteiger partial charge in [0.2, 0.25) is 17.6 Å².